The van der Waals surface area contributed by atoms with E-state index in [4.69, 9.17) is 4.74 Å². The van der Waals surface area contributed by atoms with Crippen LogP contribution in [0.3, 0.4) is 0 Å². The van der Waals surface area contributed by atoms with Gasteiger partial charge in [0.1, 0.15) is 5.69 Å². The molecule has 0 aromatic carbocycles. The van der Waals surface area contributed by atoms with Crippen molar-refractivity contribution in [3.8, 4) is 0 Å². The molecule has 0 bridgehead atoms. The van der Waals surface area contributed by atoms with Crippen LogP contribution in [0.5, 0.6) is 0 Å². The van der Waals surface area contributed by atoms with Gasteiger partial charge in [0.25, 0.3) is 0 Å². The first-order chi connectivity index (χ1) is 8.13. The molecular weight excluding hydrogens is 216 g/mol. The molecule has 0 unspecified atom stereocenters. The molecule has 0 aliphatic heterocycles. The number of pyridine rings is 1. The Bertz CT molecular complexity index is 543. The Labute approximate surface area is 100 Å². The second-order valence-electron chi connectivity index (χ2n) is 4.01. The fourth-order valence-electron chi connectivity index (χ4n) is 1.75. The van der Waals surface area contributed by atoms with E-state index >= 15 is 0 Å². The van der Waals surface area contributed by atoms with Gasteiger partial charge in [0.05, 0.1) is 6.61 Å². The summed E-state index contributed by atoms with van der Waals surface area (Å²) in [5.41, 5.74) is 2.65. The van der Waals surface area contributed by atoms with Crippen LogP contribution in [0.4, 0.5) is 5.69 Å². The lowest BCUT2D eigenvalue weighted by atomic mass is 10.3. The van der Waals surface area contributed by atoms with Crippen LogP contribution in [0.15, 0.2) is 30.5 Å². The number of fused-ring (bicyclic) bond motifs is 1. The third-order valence-corrected chi connectivity index (χ3v) is 2.64. The van der Waals surface area contributed by atoms with Crippen LogP contribution in [0.1, 0.15) is 17.4 Å². The molecule has 0 spiro atoms. The molecule has 0 atom stereocenters. The molecule has 0 radical (unpaired) electrons. The van der Waals surface area contributed by atoms with Gasteiger partial charge in [0.2, 0.25) is 0 Å². The summed E-state index contributed by atoms with van der Waals surface area (Å²) in [4.78, 5) is 13.7. The van der Waals surface area contributed by atoms with Crippen molar-refractivity contribution in [2.24, 2.45) is 0 Å². The first-order valence-corrected chi connectivity index (χ1v) is 5.59. The number of hydrogen-bond donors (Lipinski definition) is 0. The number of esters is 1. The van der Waals surface area contributed by atoms with E-state index in [-0.39, 0.29) is 5.97 Å². The molecule has 0 amide bonds. The molecule has 2 aromatic heterocycles. The van der Waals surface area contributed by atoms with Crippen LogP contribution in [0.2, 0.25) is 0 Å². The van der Waals surface area contributed by atoms with Gasteiger partial charge in [-0.2, -0.15) is 0 Å². The Kier molecular flexibility index (Phi) is 3.04. The molecule has 0 fully saturated rings. The summed E-state index contributed by atoms with van der Waals surface area (Å²) >= 11 is 0. The topological polar surface area (TPSA) is 34.0 Å². The monoisotopic (exact) mass is 232 g/mol. The molecule has 0 saturated heterocycles. The van der Waals surface area contributed by atoms with Gasteiger partial charge in [-0.15, -0.1) is 0 Å². The van der Waals surface area contributed by atoms with Crippen LogP contribution in [-0.2, 0) is 4.74 Å². The van der Waals surface area contributed by atoms with Crippen molar-refractivity contribution in [1.29, 1.82) is 0 Å². The summed E-state index contributed by atoms with van der Waals surface area (Å²) in [5, 5.41) is 0. The normalized spacial score (nSPS) is 10.5. The third-order valence-electron chi connectivity index (χ3n) is 2.64. The van der Waals surface area contributed by atoms with Gasteiger partial charge < -0.3 is 14.0 Å². The molecule has 2 heterocycles. The maximum atomic E-state index is 11.7. The van der Waals surface area contributed by atoms with Crippen LogP contribution in [-0.4, -0.2) is 31.1 Å². The first kappa shape index (κ1) is 11.5. The molecular formula is C13H16N2O2. The zero-order chi connectivity index (χ0) is 12.4. The molecule has 0 N–H and O–H groups in total. The van der Waals surface area contributed by atoms with Crippen LogP contribution < -0.4 is 4.90 Å². The van der Waals surface area contributed by atoms with Crippen molar-refractivity contribution >= 4 is 17.2 Å². The van der Waals surface area contributed by atoms with E-state index in [0.29, 0.717) is 12.3 Å². The first-order valence-electron chi connectivity index (χ1n) is 5.59. The number of aromatic nitrogens is 1. The van der Waals surface area contributed by atoms with E-state index in [1.807, 2.05) is 47.8 Å². The van der Waals surface area contributed by atoms with Crippen LogP contribution >= 0.6 is 0 Å². The third kappa shape index (κ3) is 2.11. The highest BCUT2D eigenvalue weighted by molar-refractivity contribution is 5.89. The molecule has 4 nitrogen and oxygen atoms in total. The van der Waals surface area contributed by atoms with Crippen molar-refractivity contribution in [2.45, 2.75) is 6.92 Å². The second-order valence-corrected chi connectivity index (χ2v) is 4.01. The molecule has 2 rings (SSSR count). The Morgan fingerprint density at radius 3 is 2.76 bits per heavy atom. The lowest BCUT2D eigenvalue weighted by Gasteiger charge is -2.12. The minimum atomic E-state index is -0.287. The fraction of sp³-hybridized carbons (Fsp3) is 0.308. The van der Waals surface area contributed by atoms with E-state index in [1.165, 1.54) is 0 Å². The number of carbonyl (C=O) groups is 1. The van der Waals surface area contributed by atoms with Crippen LogP contribution in [0.25, 0.3) is 5.52 Å². The summed E-state index contributed by atoms with van der Waals surface area (Å²) in [6.07, 6.45) is 1.89. The minimum absolute atomic E-state index is 0.287. The average molecular weight is 232 g/mol. The maximum Gasteiger partial charge on any atom is 0.355 e. The molecule has 2 aromatic rings. The number of hydrogen-bond acceptors (Lipinski definition) is 3. The van der Waals surface area contributed by atoms with E-state index in [0.717, 1.165) is 11.2 Å². The lowest BCUT2D eigenvalue weighted by Crippen LogP contribution is -2.10. The van der Waals surface area contributed by atoms with Crippen molar-refractivity contribution in [2.75, 3.05) is 25.6 Å². The van der Waals surface area contributed by atoms with Crippen LogP contribution in [0, 0.1) is 0 Å². The summed E-state index contributed by atoms with van der Waals surface area (Å²) in [7, 11) is 3.97. The number of rotatable bonds is 3. The van der Waals surface area contributed by atoms with E-state index in [9.17, 15) is 4.79 Å². The Hall–Kier alpha value is -1.97. The standard InChI is InChI=1S/C13H16N2O2/c1-4-17-13(16)12-6-5-11-9-10(14(2)3)7-8-15(11)12/h5-9H,4H2,1-3H3. The number of nitrogens with zero attached hydrogens (tertiary/aromatic N) is 2. The largest absolute Gasteiger partial charge is 0.461 e. The number of ether oxygens (including phenoxy) is 1. The fourth-order valence-corrected chi connectivity index (χ4v) is 1.75. The summed E-state index contributed by atoms with van der Waals surface area (Å²) in [6.45, 7) is 2.19. The average Bonchev–Trinajstić information content (AvgIpc) is 2.71. The van der Waals surface area contributed by atoms with E-state index in [1.54, 1.807) is 13.0 Å². The van der Waals surface area contributed by atoms with Gasteiger partial charge in [0, 0.05) is 31.5 Å². The molecule has 90 valence electrons. The Balaban J connectivity index is 2.45. The van der Waals surface area contributed by atoms with Gasteiger partial charge >= 0.3 is 5.97 Å². The highest BCUT2D eigenvalue weighted by Crippen LogP contribution is 2.18. The van der Waals surface area contributed by atoms with Crippen molar-refractivity contribution in [1.82, 2.24) is 4.40 Å². The Morgan fingerprint density at radius 1 is 1.35 bits per heavy atom. The van der Waals surface area contributed by atoms with Gasteiger partial charge in [-0.05, 0) is 31.2 Å². The highest BCUT2D eigenvalue weighted by atomic mass is 16.5. The van der Waals surface area contributed by atoms with Crippen molar-refractivity contribution < 1.29 is 9.53 Å². The van der Waals surface area contributed by atoms with Crippen molar-refractivity contribution in [3.05, 3.63) is 36.2 Å². The smallest absolute Gasteiger partial charge is 0.355 e. The quantitative estimate of drug-likeness (QED) is 0.761. The van der Waals surface area contributed by atoms with Gasteiger partial charge in [0.15, 0.2) is 0 Å². The zero-order valence-electron chi connectivity index (χ0n) is 10.3. The molecule has 0 saturated carbocycles. The minimum Gasteiger partial charge on any atom is -0.461 e. The zero-order valence-corrected chi connectivity index (χ0v) is 10.3. The van der Waals surface area contributed by atoms with E-state index in [2.05, 4.69) is 0 Å². The SMILES string of the molecule is CCOC(=O)c1ccc2cc(N(C)C)ccn12. The predicted octanol–water partition coefficient (Wildman–Crippen LogP) is 2.18. The molecule has 0 aliphatic rings. The lowest BCUT2D eigenvalue weighted by molar-refractivity contribution is 0.0518. The Morgan fingerprint density at radius 2 is 2.12 bits per heavy atom. The molecule has 0 aliphatic carbocycles. The summed E-state index contributed by atoms with van der Waals surface area (Å²) in [5.74, 6) is -0.287. The van der Waals surface area contributed by atoms with Gasteiger partial charge in [-0.3, -0.25) is 0 Å². The van der Waals surface area contributed by atoms with Crippen molar-refractivity contribution in [3.63, 3.8) is 0 Å². The van der Waals surface area contributed by atoms with Gasteiger partial charge in [-0.1, -0.05) is 0 Å². The molecule has 17 heavy (non-hydrogen) atoms. The highest BCUT2D eigenvalue weighted by Gasteiger charge is 2.11. The predicted molar refractivity (Wildman–Crippen MR) is 67.7 cm³/mol. The molecule has 4 heteroatoms. The number of anilines is 1. The maximum absolute atomic E-state index is 11.7. The number of carbonyl (C=O) groups excluding carboxylic acids is 1. The van der Waals surface area contributed by atoms with Gasteiger partial charge in [-0.25, -0.2) is 4.79 Å². The summed E-state index contributed by atoms with van der Waals surface area (Å²) in [6, 6.07) is 7.70. The second kappa shape index (κ2) is 4.49. The van der Waals surface area contributed by atoms with E-state index < -0.39 is 0 Å². The summed E-state index contributed by atoms with van der Waals surface area (Å²) < 4.78 is 6.84.